The third kappa shape index (κ3) is 4.36. The van der Waals surface area contributed by atoms with Crippen molar-refractivity contribution in [2.45, 2.75) is 19.3 Å². The minimum Gasteiger partial charge on any atom is -0.369 e. The Bertz CT molecular complexity index is 1080. The van der Waals surface area contributed by atoms with Crippen molar-refractivity contribution >= 4 is 11.8 Å². The minimum absolute atomic E-state index is 0.0826. The summed E-state index contributed by atoms with van der Waals surface area (Å²) in [5.41, 5.74) is 7.91. The van der Waals surface area contributed by atoms with Gasteiger partial charge in [-0.25, -0.2) is 4.39 Å². The van der Waals surface area contributed by atoms with Gasteiger partial charge in [-0.15, -0.1) is 0 Å². The van der Waals surface area contributed by atoms with Gasteiger partial charge in [0.25, 0.3) is 5.91 Å². The molecule has 0 bridgehead atoms. The summed E-state index contributed by atoms with van der Waals surface area (Å²) in [5, 5.41) is 0. The third-order valence-electron chi connectivity index (χ3n) is 6.09. The van der Waals surface area contributed by atoms with E-state index in [0.717, 1.165) is 17.5 Å². The van der Waals surface area contributed by atoms with Crippen LogP contribution in [0.5, 0.6) is 0 Å². The smallest absolute Gasteiger partial charge is 0.253 e. The number of carbonyl (C=O) groups is 2. The van der Waals surface area contributed by atoms with Crippen molar-refractivity contribution in [3.8, 4) is 11.1 Å². The summed E-state index contributed by atoms with van der Waals surface area (Å²) in [5.74, 6) is -0.747. The first kappa shape index (κ1) is 20.8. The number of nitrogens with zero attached hydrogens (tertiary/aromatic N) is 1. The van der Waals surface area contributed by atoms with Crippen LogP contribution in [0.1, 0.15) is 28.8 Å². The molecule has 5 heteroatoms. The summed E-state index contributed by atoms with van der Waals surface area (Å²) >= 11 is 0. The molecule has 4 rings (SSSR count). The van der Waals surface area contributed by atoms with Gasteiger partial charge in [0.15, 0.2) is 0 Å². The van der Waals surface area contributed by atoms with Crippen molar-refractivity contribution in [1.29, 1.82) is 0 Å². The van der Waals surface area contributed by atoms with Gasteiger partial charge in [-0.05, 0) is 48.6 Å². The predicted molar refractivity (Wildman–Crippen MR) is 119 cm³/mol. The van der Waals surface area contributed by atoms with Crippen LogP contribution >= 0.6 is 0 Å². The van der Waals surface area contributed by atoms with E-state index in [1.54, 1.807) is 35.2 Å². The Balaban J connectivity index is 1.55. The maximum Gasteiger partial charge on any atom is 0.253 e. The lowest BCUT2D eigenvalue weighted by molar-refractivity contribution is -0.130. The van der Waals surface area contributed by atoms with Crippen molar-refractivity contribution < 1.29 is 14.0 Å². The molecule has 1 heterocycles. The average molecular weight is 416 g/mol. The maximum atomic E-state index is 14.1. The molecule has 1 atom stereocenters. The molecule has 0 spiro atoms. The van der Waals surface area contributed by atoms with Crippen LogP contribution in [0.4, 0.5) is 4.39 Å². The second-order valence-electron chi connectivity index (χ2n) is 8.19. The number of piperidine rings is 1. The van der Waals surface area contributed by atoms with Gasteiger partial charge in [-0.2, -0.15) is 0 Å². The fourth-order valence-corrected chi connectivity index (χ4v) is 4.39. The molecule has 31 heavy (non-hydrogen) atoms. The SMILES string of the molecule is NC(=O)[C@@]1(Cc2ccc(-c3ccccc3F)cc2)CCCN(C(=O)c2ccccc2)C1. The van der Waals surface area contributed by atoms with Crippen LogP contribution < -0.4 is 5.73 Å². The van der Waals surface area contributed by atoms with Gasteiger partial charge in [0.05, 0.1) is 5.41 Å². The fourth-order valence-electron chi connectivity index (χ4n) is 4.39. The van der Waals surface area contributed by atoms with Crippen LogP contribution in [-0.2, 0) is 11.2 Å². The van der Waals surface area contributed by atoms with E-state index < -0.39 is 11.3 Å². The third-order valence-corrected chi connectivity index (χ3v) is 6.09. The van der Waals surface area contributed by atoms with E-state index in [4.69, 9.17) is 5.73 Å². The molecule has 0 aliphatic carbocycles. The molecule has 3 aromatic carbocycles. The first-order valence-corrected chi connectivity index (χ1v) is 10.5. The standard InChI is InChI=1S/C26H25FN2O2/c27-23-10-5-4-9-22(23)20-13-11-19(12-14-20)17-26(25(28)31)15-6-16-29(18-26)24(30)21-7-2-1-3-8-21/h1-5,7-14H,6,15-18H2,(H2,28,31)/t26-/m1/s1. The number of benzene rings is 3. The molecule has 0 aromatic heterocycles. The highest BCUT2D eigenvalue weighted by molar-refractivity contribution is 5.95. The lowest BCUT2D eigenvalue weighted by Gasteiger charge is -2.41. The molecule has 0 saturated carbocycles. The molecule has 2 amide bonds. The van der Waals surface area contributed by atoms with Gasteiger partial charge in [0, 0.05) is 24.2 Å². The summed E-state index contributed by atoms with van der Waals surface area (Å²) in [7, 11) is 0. The molecule has 1 aliphatic rings. The summed E-state index contributed by atoms with van der Waals surface area (Å²) in [6, 6.07) is 23.3. The number of carbonyl (C=O) groups excluding carboxylic acids is 2. The van der Waals surface area contributed by atoms with Crippen molar-refractivity contribution in [2.24, 2.45) is 11.1 Å². The molecule has 2 N–H and O–H groups in total. The fraction of sp³-hybridized carbons (Fsp3) is 0.231. The minimum atomic E-state index is -0.817. The highest BCUT2D eigenvalue weighted by Gasteiger charge is 2.42. The number of rotatable bonds is 5. The van der Waals surface area contributed by atoms with E-state index >= 15 is 0 Å². The lowest BCUT2D eigenvalue weighted by Crippen LogP contribution is -2.53. The Kier molecular flexibility index (Phi) is 5.85. The lowest BCUT2D eigenvalue weighted by atomic mass is 9.74. The van der Waals surface area contributed by atoms with E-state index in [-0.39, 0.29) is 11.7 Å². The molecule has 1 aliphatic heterocycles. The summed E-state index contributed by atoms with van der Waals surface area (Å²) in [4.78, 5) is 27.2. The van der Waals surface area contributed by atoms with Gasteiger partial charge in [-0.1, -0.05) is 60.7 Å². The summed E-state index contributed by atoms with van der Waals surface area (Å²) in [6.07, 6.45) is 1.79. The van der Waals surface area contributed by atoms with Gasteiger partial charge in [0.2, 0.25) is 5.91 Å². The Morgan fingerprint density at radius 2 is 1.61 bits per heavy atom. The monoisotopic (exact) mass is 416 g/mol. The number of halogens is 1. The molecular formula is C26H25FN2O2. The first-order valence-electron chi connectivity index (χ1n) is 10.5. The molecule has 3 aromatic rings. The highest BCUT2D eigenvalue weighted by atomic mass is 19.1. The number of primary amides is 1. The number of amides is 2. The van der Waals surface area contributed by atoms with Crippen LogP contribution in [0.2, 0.25) is 0 Å². The average Bonchev–Trinajstić information content (AvgIpc) is 2.80. The number of nitrogens with two attached hydrogens (primary N) is 1. The van der Waals surface area contributed by atoms with Crippen molar-refractivity contribution in [3.05, 3.63) is 95.8 Å². The van der Waals surface area contributed by atoms with E-state index in [1.165, 1.54) is 6.07 Å². The quantitative estimate of drug-likeness (QED) is 0.668. The van der Waals surface area contributed by atoms with E-state index in [0.29, 0.717) is 37.1 Å². The zero-order chi connectivity index (χ0) is 21.8. The maximum absolute atomic E-state index is 14.1. The highest BCUT2D eigenvalue weighted by Crippen LogP contribution is 2.35. The van der Waals surface area contributed by atoms with E-state index in [9.17, 15) is 14.0 Å². The van der Waals surface area contributed by atoms with Crippen molar-refractivity contribution in [1.82, 2.24) is 4.90 Å². The molecule has 1 saturated heterocycles. The molecule has 1 fully saturated rings. The number of likely N-dealkylation sites (tertiary alicyclic amines) is 1. The van der Waals surface area contributed by atoms with Gasteiger partial charge in [-0.3, -0.25) is 9.59 Å². The Labute approximate surface area is 181 Å². The topological polar surface area (TPSA) is 63.4 Å². The molecule has 0 unspecified atom stereocenters. The van der Waals surface area contributed by atoms with E-state index in [2.05, 4.69) is 0 Å². The van der Waals surface area contributed by atoms with Crippen LogP contribution in [0.25, 0.3) is 11.1 Å². The molecule has 158 valence electrons. The molecule has 0 radical (unpaired) electrons. The van der Waals surface area contributed by atoms with Crippen molar-refractivity contribution in [3.63, 3.8) is 0 Å². The summed E-state index contributed by atoms with van der Waals surface area (Å²) < 4.78 is 14.1. The number of hydrogen-bond acceptors (Lipinski definition) is 2. The second-order valence-corrected chi connectivity index (χ2v) is 8.19. The Hall–Kier alpha value is -3.47. The Morgan fingerprint density at radius 3 is 2.29 bits per heavy atom. The molecular weight excluding hydrogens is 391 g/mol. The van der Waals surface area contributed by atoms with Gasteiger partial charge < -0.3 is 10.6 Å². The van der Waals surface area contributed by atoms with Crippen LogP contribution in [-0.4, -0.2) is 29.8 Å². The Morgan fingerprint density at radius 1 is 0.935 bits per heavy atom. The van der Waals surface area contributed by atoms with Gasteiger partial charge in [0.1, 0.15) is 5.82 Å². The van der Waals surface area contributed by atoms with E-state index in [1.807, 2.05) is 42.5 Å². The predicted octanol–water partition coefficient (Wildman–Crippen LogP) is 4.44. The summed E-state index contributed by atoms with van der Waals surface area (Å²) in [6.45, 7) is 0.903. The number of hydrogen-bond donors (Lipinski definition) is 1. The van der Waals surface area contributed by atoms with Crippen LogP contribution in [0.15, 0.2) is 78.9 Å². The second kappa shape index (κ2) is 8.72. The van der Waals surface area contributed by atoms with Crippen molar-refractivity contribution in [2.75, 3.05) is 13.1 Å². The van der Waals surface area contributed by atoms with Crippen LogP contribution in [0.3, 0.4) is 0 Å². The zero-order valence-corrected chi connectivity index (χ0v) is 17.3. The van der Waals surface area contributed by atoms with Gasteiger partial charge >= 0.3 is 0 Å². The zero-order valence-electron chi connectivity index (χ0n) is 17.3. The largest absolute Gasteiger partial charge is 0.369 e. The normalized spacial score (nSPS) is 18.5. The van der Waals surface area contributed by atoms with Crippen LogP contribution in [0, 0.1) is 11.2 Å². The molecule has 4 nitrogen and oxygen atoms in total. The first-order chi connectivity index (χ1) is 15.0.